The second kappa shape index (κ2) is 7.75. The van der Waals surface area contributed by atoms with Gasteiger partial charge in [-0.25, -0.2) is 4.79 Å². The monoisotopic (exact) mass is 342 g/mol. The van der Waals surface area contributed by atoms with Gasteiger partial charge >= 0.3 is 5.97 Å². The molecule has 0 radical (unpaired) electrons. The van der Waals surface area contributed by atoms with Crippen LogP contribution in [0.2, 0.25) is 0 Å². The van der Waals surface area contributed by atoms with Gasteiger partial charge in [0, 0.05) is 6.08 Å². The molecule has 1 aliphatic rings. The molecule has 1 heterocycles. The summed E-state index contributed by atoms with van der Waals surface area (Å²) in [6.45, 7) is 3.84. The molecule has 0 fully saturated rings. The lowest BCUT2D eigenvalue weighted by molar-refractivity contribution is -0.137. The first-order valence-electron chi connectivity index (χ1n) is 7.56. The Morgan fingerprint density at radius 3 is 2.91 bits per heavy atom. The molecule has 0 aromatic heterocycles. The number of esters is 1. The van der Waals surface area contributed by atoms with Gasteiger partial charge in [-0.3, -0.25) is 0 Å². The molecule has 0 spiro atoms. The summed E-state index contributed by atoms with van der Waals surface area (Å²) in [5.41, 5.74) is 1.38. The van der Waals surface area contributed by atoms with Crippen LogP contribution in [-0.2, 0) is 9.53 Å². The van der Waals surface area contributed by atoms with Crippen LogP contribution in [0.25, 0.3) is 10.8 Å². The Morgan fingerprint density at radius 2 is 2.04 bits per heavy atom. The van der Waals surface area contributed by atoms with Crippen LogP contribution in [0.1, 0.15) is 23.0 Å². The number of rotatable bonds is 6. The number of thioether (sulfide) groups is 2. The maximum Gasteiger partial charge on any atom is 0.330 e. The molecule has 2 aromatic carbocycles. The number of hydrogen-bond acceptors (Lipinski definition) is 4. The third-order valence-electron chi connectivity index (χ3n) is 3.64. The zero-order chi connectivity index (χ0) is 16.1. The van der Waals surface area contributed by atoms with E-state index >= 15 is 0 Å². The highest BCUT2D eigenvalue weighted by molar-refractivity contribution is 8.22. The first-order valence-corrected chi connectivity index (χ1v) is 9.38. The topological polar surface area (TPSA) is 26.3 Å². The summed E-state index contributed by atoms with van der Waals surface area (Å²) in [6, 6.07) is 15.0. The van der Waals surface area contributed by atoms with E-state index in [1.807, 2.05) is 23.5 Å². The Kier molecular flexibility index (Phi) is 5.47. The Balaban J connectivity index is 1.58. The van der Waals surface area contributed by atoms with Crippen molar-refractivity contribution in [3.63, 3.8) is 0 Å². The largest absolute Gasteiger partial charge is 0.463 e. The molecule has 0 saturated heterocycles. The molecule has 4 heteroatoms. The van der Waals surface area contributed by atoms with Gasteiger partial charge < -0.3 is 4.74 Å². The molecule has 3 rings (SSSR count). The van der Waals surface area contributed by atoms with Crippen LogP contribution in [0.15, 0.2) is 65.4 Å². The van der Waals surface area contributed by atoms with Crippen molar-refractivity contribution in [2.24, 2.45) is 0 Å². The maximum atomic E-state index is 11.0. The summed E-state index contributed by atoms with van der Waals surface area (Å²) in [6.07, 6.45) is 3.00. The fourth-order valence-corrected chi connectivity index (χ4v) is 5.28. The second-order valence-corrected chi connectivity index (χ2v) is 7.72. The van der Waals surface area contributed by atoms with Crippen molar-refractivity contribution in [1.82, 2.24) is 0 Å². The molecule has 1 unspecified atom stereocenters. The first kappa shape index (κ1) is 16.2. The van der Waals surface area contributed by atoms with E-state index in [1.54, 1.807) is 0 Å². The molecule has 0 N–H and O–H groups in total. The number of allylic oxidation sites excluding steroid dienone is 1. The van der Waals surface area contributed by atoms with Crippen LogP contribution in [0, 0.1) is 0 Å². The van der Waals surface area contributed by atoms with Gasteiger partial charge in [-0.2, -0.15) is 0 Å². The highest BCUT2D eigenvalue weighted by Gasteiger charge is 2.21. The van der Waals surface area contributed by atoms with Crippen molar-refractivity contribution >= 4 is 40.3 Å². The Labute approximate surface area is 145 Å². The van der Waals surface area contributed by atoms with Gasteiger partial charge in [-0.05, 0) is 39.5 Å². The molecule has 1 atom stereocenters. The molecule has 118 valence electrons. The summed E-state index contributed by atoms with van der Waals surface area (Å²) in [5.74, 6) is -0.346. The minimum absolute atomic E-state index is 0.346. The molecule has 0 aliphatic carbocycles. The zero-order valence-electron chi connectivity index (χ0n) is 12.7. The van der Waals surface area contributed by atoms with E-state index in [1.165, 1.54) is 27.3 Å². The molecule has 0 bridgehead atoms. The van der Waals surface area contributed by atoms with Crippen LogP contribution < -0.4 is 0 Å². The highest BCUT2D eigenvalue weighted by atomic mass is 32.2. The van der Waals surface area contributed by atoms with Gasteiger partial charge in [0.05, 0.1) is 11.2 Å². The normalized spacial score (nSPS) is 17.0. The number of benzene rings is 2. The van der Waals surface area contributed by atoms with Gasteiger partial charge in [0.25, 0.3) is 0 Å². The lowest BCUT2D eigenvalue weighted by Gasteiger charge is -2.13. The van der Waals surface area contributed by atoms with Gasteiger partial charge in [0.15, 0.2) is 0 Å². The second-order valence-electron chi connectivity index (χ2n) is 5.21. The van der Waals surface area contributed by atoms with E-state index in [9.17, 15) is 4.79 Å². The van der Waals surface area contributed by atoms with E-state index in [4.69, 9.17) is 4.74 Å². The van der Waals surface area contributed by atoms with E-state index in [0.29, 0.717) is 11.2 Å². The van der Waals surface area contributed by atoms with Crippen molar-refractivity contribution in [1.29, 1.82) is 0 Å². The predicted molar refractivity (Wildman–Crippen MR) is 100 cm³/mol. The summed E-state index contributed by atoms with van der Waals surface area (Å²) in [7, 11) is 0. The van der Waals surface area contributed by atoms with Crippen molar-refractivity contribution < 1.29 is 9.53 Å². The summed E-state index contributed by atoms with van der Waals surface area (Å²) < 4.78 is 5.43. The lowest BCUT2D eigenvalue weighted by atomic mass is 10.1. The molecule has 2 aromatic rings. The quantitative estimate of drug-likeness (QED) is 0.384. The zero-order valence-corrected chi connectivity index (χ0v) is 14.4. The van der Waals surface area contributed by atoms with Crippen molar-refractivity contribution in [3.8, 4) is 0 Å². The number of ether oxygens (including phenoxy) is 1. The smallest absolute Gasteiger partial charge is 0.330 e. The van der Waals surface area contributed by atoms with E-state index in [-0.39, 0.29) is 5.97 Å². The van der Waals surface area contributed by atoms with Gasteiger partial charge in [0.2, 0.25) is 0 Å². The van der Waals surface area contributed by atoms with Crippen LogP contribution in [-0.4, -0.2) is 12.6 Å². The number of fused-ring (bicyclic) bond motifs is 1. The average Bonchev–Trinajstić information content (AvgIpc) is 3.06. The lowest BCUT2D eigenvalue weighted by Crippen LogP contribution is -2.01. The van der Waals surface area contributed by atoms with Crippen molar-refractivity contribution in [3.05, 3.63) is 71.0 Å². The summed E-state index contributed by atoms with van der Waals surface area (Å²) in [5, 5.41) is 4.86. The SMILES string of the molecule is C=CC(=O)OCCCC1=CSC(c2cccc3ccccc23)S1. The molecule has 0 saturated carbocycles. The highest BCUT2D eigenvalue weighted by Crippen LogP contribution is 2.53. The van der Waals surface area contributed by atoms with E-state index < -0.39 is 0 Å². The van der Waals surface area contributed by atoms with Gasteiger partial charge in [-0.15, -0.1) is 23.5 Å². The van der Waals surface area contributed by atoms with E-state index in [0.717, 1.165) is 12.8 Å². The molecule has 2 nitrogen and oxygen atoms in total. The van der Waals surface area contributed by atoms with Gasteiger partial charge in [-0.1, -0.05) is 49.0 Å². The molecule has 23 heavy (non-hydrogen) atoms. The third-order valence-corrected chi connectivity index (χ3v) is 6.42. The van der Waals surface area contributed by atoms with E-state index in [2.05, 4.69) is 54.5 Å². The summed E-state index contributed by atoms with van der Waals surface area (Å²) in [4.78, 5) is 12.4. The third kappa shape index (κ3) is 4.01. The van der Waals surface area contributed by atoms with Crippen LogP contribution >= 0.6 is 23.5 Å². The number of carbonyl (C=O) groups is 1. The maximum absolute atomic E-state index is 11.0. The Morgan fingerprint density at radius 1 is 1.22 bits per heavy atom. The fourth-order valence-electron chi connectivity index (χ4n) is 2.52. The van der Waals surface area contributed by atoms with Gasteiger partial charge in [0.1, 0.15) is 0 Å². The summed E-state index contributed by atoms with van der Waals surface area (Å²) >= 11 is 3.77. The standard InChI is InChI=1S/C19H18O2S2/c1-2-18(20)21-12-6-9-15-13-22-19(23-15)17-11-5-8-14-7-3-4-10-16(14)17/h2-5,7-8,10-11,13,19H,1,6,9,12H2. The minimum Gasteiger partial charge on any atom is -0.463 e. The average molecular weight is 342 g/mol. The fraction of sp³-hybridized carbons (Fsp3) is 0.211. The van der Waals surface area contributed by atoms with Crippen LogP contribution in [0.4, 0.5) is 0 Å². The number of carbonyl (C=O) groups excluding carboxylic acids is 1. The molecular formula is C19H18O2S2. The molecule has 1 aliphatic heterocycles. The number of hydrogen-bond donors (Lipinski definition) is 0. The van der Waals surface area contributed by atoms with Crippen LogP contribution in [0.3, 0.4) is 0 Å². The van der Waals surface area contributed by atoms with Crippen LogP contribution in [0.5, 0.6) is 0 Å². The molecular weight excluding hydrogens is 324 g/mol. The Bertz CT molecular complexity index is 747. The Hall–Kier alpha value is -1.65. The first-order chi connectivity index (χ1) is 11.3. The molecule has 0 amide bonds. The minimum atomic E-state index is -0.346. The van der Waals surface area contributed by atoms with Crippen molar-refractivity contribution in [2.75, 3.05) is 6.61 Å². The predicted octanol–water partition coefficient (Wildman–Crippen LogP) is 5.67. The van der Waals surface area contributed by atoms with Crippen molar-refractivity contribution in [2.45, 2.75) is 17.4 Å².